The monoisotopic (exact) mass is 381 g/mol. The summed E-state index contributed by atoms with van der Waals surface area (Å²) in [5.74, 6) is -1.05. The van der Waals surface area contributed by atoms with Crippen molar-refractivity contribution in [3.8, 4) is 5.75 Å². The fraction of sp³-hybridized carbons (Fsp3) is 0.238. The van der Waals surface area contributed by atoms with Gasteiger partial charge in [0.05, 0.1) is 17.7 Å². The Labute approximate surface area is 161 Å². The molecular formula is C21H19NO6. The molecule has 2 aromatic rings. The summed E-state index contributed by atoms with van der Waals surface area (Å²) in [7, 11) is 0. The first kappa shape index (κ1) is 19.3. The molecule has 144 valence electrons. The Morgan fingerprint density at radius 1 is 0.964 bits per heavy atom. The number of Topliss-reactive ketones (excluding diaryl/α,β-unsaturated/α-hetero) is 1. The van der Waals surface area contributed by atoms with Gasteiger partial charge >= 0.3 is 5.97 Å². The van der Waals surface area contributed by atoms with E-state index in [-0.39, 0.29) is 18.9 Å². The van der Waals surface area contributed by atoms with Crippen LogP contribution in [0.25, 0.3) is 0 Å². The van der Waals surface area contributed by atoms with Crippen molar-refractivity contribution >= 4 is 23.6 Å². The van der Waals surface area contributed by atoms with Gasteiger partial charge in [0.1, 0.15) is 12.4 Å². The summed E-state index contributed by atoms with van der Waals surface area (Å²) in [6, 6.07) is 13.0. The predicted molar refractivity (Wildman–Crippen MR) is 99.3 cm³/mol. The lowest BCUT2D eigenvalue weighted by Crippen LogP contribution is -2.35. The number of ketones is 1. The van der Waals surface area contributed by atoms with E-state index in [9.17, 15) is 19.2 Å². The average Bonchev–Trinajstić information content (AvgIpc) is 2.93. The van der Waals surface area contributed by atoms with Crippen LogP contribution < -0.4 is 4.74 Å². The number of imide groups is 1. The highest BCUT2D eigenvalue weighted by Gasteiger charge is 2.35. The van der Waals surface area contributed by atoms with E-state index in [1.54, 1.807) is 48.5 Å². The van der Waals surface area contributed by atoms with Crippen LogP contribution in [-0.4, -0.2) is 47.7 Å². The molecule has 0 bridgehead atoms. The van der Waals surface area contributed by atoms with Gasteiger partial charge < -0.3 is 9.47 Å². The third kappa shape index (κ3) is 3.93. The molecule has 2 amide bonds. The second-order valence-electron chi connectivity index (χ2n) is 6.32. The smallest absolute Gasteiger partial charge is 0.347 e. The molecule has 0 saturated heterocycles. The van der Waals surface area contributed by atoms with Crippen molar-refractivity contribution < 1.29 is 28.7 Å². The molecule has 1 unspecified atom stereocenters. The van der Waals surface area contributed by atoms with Gasteiger partial charge in [0.25, 0.3) is 11.8 Å². The molecule has 7 heteroatoms. The lowest BCUT2D eigenvalue weighted by molar-refractivity contribution is -0.151. The first-order chi connectivity index (χ1) is 13.4. The Hall–Kier alpha value is -3.48. The summed E-state index contributed by atoms with van der Waals surface area (Å²) < 4.78 is 10.6. The minimum atomic E-state index is -0.884. The first-order valence-corrected chi connectivity index (χ1v) is 8.78. The number of rotatable bonds is 7. The molecule has 0 saturated carbocycles. The van der Waals surface area contributed by atoms with Crippen LogP contribution in [0.15, 0.2) is 48.5 Å². The summed E-state index contributed by atoms with van der Waals surface area (Å²) in [5, 5.41) is 0. The Kier molecular flexibility index (Phi) is 5.54. The molecule has 1 aliphatic heterocycles. The minimum absolute atomic E-state index is 0.0296. The van der Waals surface area contributed by atoms with Gasteiger partial charge in [-0.15, -0.1) is 0 Å². The summed E-state index contributed by atoms with van der Waals surface area (Å²) in [4.78, 5) is 48.9. The molecule has 0 radical (unpaired) electrons. The lowest BCUT2D eigenvalue weighted by atomic mass is 10.1. The Bertz CT molecular complexity index is 899. The summed E-state index contributed by atoms with van der Waals surface area (Å²) in [5.41, 5.74) is 1.25. The maximum absolute atomic E-state index is 12.2. The summed E-state index contributed by atoms with van der Waals surface area (Å²) in [6.45, 7) is 2.84. The molecule has 0 spiro atoms. The molecule has 1 atom stereocenters. The van der Waals surface area contributed by atoms with Gasteiger partial charge in [-0.2, -0.15) is 0 Å². The number of carbonyl (C=O) groups is 4. The van der Waals surface area contributed by atoms with E-state index in [1.165, 1.54) is 13.8 Å². The van der Waals surface area contributed by atoms with Crippen molar-refractivity contribution in [1.82, 2.24) is 4.90 Å². The third-order valence-electron chi connectivity index (χ3n) is 4.34. The molecule has 3 rings (SSSR count). The molecule has 7 nitrogen and oxygen atoms in total. The van der Waals surface area contributed by atoms with Crippen LogP contribution >= 0.6 is 0 Å². The zero-order valence-corrected chi connectivity index (χ0v) is 15.5. The van der Waals surface area contributed by atoms with Gasteiger partial charge in [0.15, 0.2) is 11.9 Å². The molecule has 0 fully saturated rings. The van der Waals surface area contributed by atoms with Crippen LogP contribution in [0.4, 0.5) is 0 Å². The Morgan fingerprint density at radius 3 is 2.07 bits per heavy atom. The zero-order valence-electron chi connectivity index (χ0n) is 15.5. The fourth-order valence-corrected chi connectivity index (χ4v) is 2.82. The number of carbonyl (C=O) groups excluding carboxylic acids is 4. The maximum Gasteiger partial charge on any atom is 0.347 e. The minimum Gasteiger partial charge on any atom is -0.479 e. The third-order valence-corrected chi connectivity index (χ3v) is 4.34. The number of ether oxygens (including phenoxy) is 2. The van der Waals surface area contributed by atoms with Gasteiger partial charge in [-0.05, 0) is 50.2 Å². The number of nitrogens with zero attached hydrogens (tertiary/aromatic N) is 1. The standard InChI is InChI=1S/C21H19NO6/c1-13(23)15-7-9-16(10-8-15)28-14(2)21(26)27-12-11-22-19(24)17-5-3-4-6-18(17)20(22)25/h3-10,14H,11-12H2,1-2H3. The van der Waals surface area contributed by atoms with Gasteiger partial charge in [0, 0.05) is 5.56 Å². The van der Waals surface area contributed by atoms with Crippen LogP contribution in [0.2, 0.25) is 0 Å². The molecular weight excluding hydrogens is 362 g/mol. The predicted octanol–water partition coefficient (Wildman–Crippen LogP) is 2.50. The normalized spacial score (nSPS) is 13.9. The van der Waals surface area contributed by atoms with Crippen molar-refractivity contribution in [1.29, 1.82) is 0 Å². The van der Waals surface area contributed by atoms with E-state index in [1.807, 2.05) is 0 Å². The van der Waals surface area contributed by atoms with Crippen LogP contribution in [0.1, 0.15) is 44.9 Å². The van der Waals surface area contributed by atoms with E-state index < -0.39 is 23.9 Å². The topological polar surface area (TPSA) is 90.0 Å². The van der Waals surface area contributed by atoms with Crippen LogP contribution in [0, 0.1) is 0 Å². The highest BCUT2D eigenvalue weighted by Crippen LogP contribution is 2.22. The molecule has 2 aromatic carbocycles. The molecule has 0 aromatic heterocycles. The number of fused-ring (bicyclic) bond motifs is 1. The second kappa shape index (κ2) is 8.04. The van der Waals surface area contributed by atoms with Crippen molar-refractivity contribution in [2.75, 3.05) is 13.2 Å². The van der Waals surface area contributed by atoms with Gasteiger partial charge in [-0.1, -0.05) is 12.1 Å². The average molecular weight is 381 g/mol. The van der Waals surface area contributed by atoms with Crippen molar-refractivity contribution in [3.05, 3.63) is 65.2 Å². The van der Waals surface area contributed by atoms with E-state index in [2.05, 4.69) is 0 Å². The largest absolute Gasteiger partial charge is 0.479 e. The summed E-state index contributed by atoms with van der Waals surface area (Å²) in [6.07, 6.45) is -0.884. The molecule has 0 aliphatic carbocycles. The lowest BCUT2D eigenvalue weighted by Gasteiger charge is -2.16. The zero-order chi connectivity index (χ0) is 20.3. The number of amides is 2. The first-order valence-electron chi connectivity index (χ1n) is 8.78. The number of esters is 1. The van der Waals surface area contributed by atoms with Gasteiger partial charge in [-0.3, -0.25) is 19.3 Å². The SMILES string of the molecule is CC(=O)c1ccc(OC(C)C(=O)OCCN2C(=O)c3ccccc3C2=O)cc1. The second-order valence-corrected chi connectivity index (χ2v) is 6.32. The highest BCUT2D eigenvalue weighted by molar-refractivity contribution is 6.21. The van der Waals surface area contributed by atoms with Crippen LogP contribution in [-0.2, 0) is 9.53 Å². The highest BCUT2D eigenvalue weighted by atomic mass is 16.6. The Morgan fingerprint density at radius 2 is 1.54 bits per heavy atom. The molecule has 1 aliphatic rings. The number of benzene rings is 2. The van der Waals surface area contributed by atoms with Crippen molar-refractivity contribution in [2.45, 2.75) is 20.0 Å². The fourth-order valence-electron chi connectivity index (χ4n) is 2.82. The van der Waals surface area contributed by atoms with E-state index >= 15 is 0 Å². The van der Waals surface area contributed by atoms with Crippen molar-refractivity contribution in [2.24, 2.45) is 0 Å². The summed E-state index contributed by atoms with van der Waals surface area (Å²) >= 11 is 0. The molecule has 1 heterocycles. The quantitative estimate of drug-likeness (QED) is 0.416. The van der Waals surface area contributed by atoms with Gasteiger partial charge in [0.2, 0.25) is 0 Å². The van der Waals surface area contributed by atoms with Crippen LogP contribution in [0.3, 0.4) is 0 Å². The number of hydrogen-bond acceptors (Lipinski definition) is 6. The van der Waals surface area contributed by atoms with E-state index in [0.29, 0.717) is 22.4 Å². The van der Waals surface area contributed by atoms with Gasteiger partial charge in [-0.25, -0.2) is 4.79 Å². The number of hydrogen-bond donors (Lipinski definition) is 0. The molecule has 0 N–H and O–H groups in total. The van der Waals surface area contributed by atoms with E-state index in [0.717, 1.165) is 4.90 Å². The van der Waals surface area contributed by atoms with Crippen molar-refractivity contribution in [3.63, 3.8) is 0 Å². The maximum atomic E-state index is 12.2. The van der Waals surface area contributed by atoms with E-state index in [4.69, 9.17) is 9.47 Å². The Balaban J connectivity index is 1.50. The molecule has 28 heavy (non-hydrogen) atoms. The van der Waals surface area contributed by atoms with Crippen LogP contribution in [0.5, 0.6) is 5.75 Å².